The number of urea groups is 1. The SMILES string of the molecule is O=C(/C=C/c1ccc(F)cc1)N1CCN(C(=O)c2cccs2)C1=O. The van der Waals surface area contributed by atoms with Crippen LogP contribution in [0.15, 0.2) is 47.9 Å². The summed E-state index contributed by atoms with van der Waals surface area (Å²) in [6.07, 6.45) is 2.74. The van der Waals surface area contributed by atoms with Crippen molar-refractivity contribution in [3.8, 4) is 0 Å². The van der Waals surface area contributed by atoms with Gasteiger partial charge >= 0.3 is 6.03 Å². The lowest BCUT2D eigenvalue weighted by molar-refractivity contribution is -0.122. The second-order valence-corrected chi connectivity index (χ2v) is 6.04. The van der Waals surface area contributed by atoms with Gasteiger partial charge in [0.1, 0.15) is 5.82 Å². The summed E-state index contributed by atoms with van der Waals surface area (Å²) in [6, 6.07) is 8.36. The van der Waals surface area contributed by atoms with Crippen LogP contribution in [0, 0.1) is 5.82 Å². The van der Waals surface area contributed by atoms with Crippen molar-refractivity contribution in [3.05, 3.63) is 64.1 Å². The molecule has 24 heavy (non-hydrogen) atoms. The highest BCUT2D eigenvalue weighted by Crippen LogP contribution is 2.17. The lowest BCUT2D eigenvalue weighted by Gasteiger charge is -2.14. The van der Waals surface area contributed by atoms with Gasteiger partial charge in [-0.3, -0.25) is 19.4 Å². The fraction of sp³-hybridized carbons (Fsp3) is 0.118. The van der Waals surface area contributed by atoms with E-state index in [2.05, 4.69) is 0 Å². The van der Waals surface area contributed by atoms with E-state index in [-0.39, 0.29) is 18.9 Å². The van der Waals surface area contributed by atoms with Crippen LogP contribution in [-0.2, 0) is 4.79 Å². The number of amides is 4. The zero-order valence-electron chi connectivity index (χ0n) is 12.5. The van der Waals surface area contributed by atoms with Crippen LogP contribution < -0.4 is 0 Å². The first-order chi connectivity index (χ1) is 11.6. The zero-order valence-corrected chi connectivity index (χ0v) is 13.3. The summed E-state index contributed by atoms with van der Waals surface area (Å²) < 4.78 is 12.8. The number of hydrogen-bond donors (Lipinski definition) is 0. The number of nitrogens with zero attached hydrogens (tertiary/aromatic N) is 2. The van der Waals surface area contributed by atoms with E-state index in [1.807, 2.05) is 0 Å². The molecule has 1 aliphatic heterocycles. The smallest absolute Gasteiger partial charge is 0.269 e. The minimum absolute atomic E-state index is 0.155. The molecule has 1 saturated heterocycles. The van der Waals surface area contributed by atoms with E-state index in [4.69, 9.17) is 0 Å². The van der Waals surface area contributed by atoms with Crippen molar-refractivity contribution in [1.82, 2.24) is 9.80 Å². The Morgan fingerprint density at radius 2 is 1.79 bits per heavy atom. The average molecular weight is 344 g/mol. The summed E-state index contributed by atoms with van der Waals surface area (Å²) >= 11 is 1.25. The lowest BCUT2D eigenvalue weighted by atomic mass is 10.2. The van der Waals surface area contributed by atoms with Crippen LogP contribution in [0.2, 0.25) is 0 Å². The van der Waals surface area contributed by atoms with Gasteiger partial charge in [-0.2, -0.15) is 0 Å². The molecule has 0 unspecified atom stereocenters. The summed E-state index contributed by atoms with van der Waals surface area (Å²) in [5, 5.41) is 1.75. The molecule has 1 aromatic carbocycles. The molecule has 0 atom stereocenters. The Labute approximate surface area is 141 Å². The van der Waals surface area contributed by atoms with Crippen LogP contribution in [0.25, 0.3) is 6.08 Å². The van der Waals surface area contributed by atoms with Crippen LogP contribution in [0.1, 0.15) is 15.2 Å². The van der Waals surface area contributed by atoms with Crippen molar-refractivity contribution in [2.24, 2.45) is 0 Å². The first kappa shape index (κ1) is 16.1. The predicted molar refractivity (Wildman–Crippen MR) is 87.9 cm³/mol. The lowest BCUT2D eigenvalue weighted by Crippen LogP contribution is -2.38. The molecule has 0 spiro atoms. The van der Waals surface area contributed by atoms with Gasteiger partial charge in [0.05, 0.1) is 4.88 Å². The van der Waals surface area contributed by atoms with Crippen molar-refractivity contribution in [2.45, 2.75) is 0 Å². The second-order valence-electron chi connectivity index (χ2n) is 5.09. The first-order valence-electron chi connectivity index (χ1n) is 7.21. The Kier molecular flexibility index (Phi) is 4.52. The number of imide groups is 2. The molecule has 4 amide bonds. The fourth-order valence-corrected chi connectivity index (χ4v) is 2.97. The van der Waals surface area contributed by atoms with Gasteiger partial charge in [-0.15, -0.1) is 11.3 Å². The van der Waals surface area contributed by atoms with E-state index in [0.717, 1.165) is 9.80 Å². The van der Waals surface area contributed by atoms with Gasteiger partial charge in [0.2, 0.25) is 0 Å². The number of halogens is 1. The summed E-state index contributed by atoms with van der Waals surface area (Å²) in [6.45, 7) is 0.328. The Morgan fingerprint density at radius 1 is 1.08 bits per heavy atom. The first-order valence-corrected chi connectivity index (χ1v) is 8.09. The minimum Gasteiger partial charge on any atom is -0.269 e. The van der Waals surface area contributed by atoms with Gasteiger partial charge in [-0.1, -0.05) is 18.2 Å². The summed E-state index contributed by atoms with van der Waals surface area (Å²) in [5.74, 6) is -1.27. The Hall–Kier alpha value is -2.80. The number of rotatable bonds is 3. The zero-order chi connectivity index (χ0) is 17.1. The second kappa shape index (κ2) is 6.76. The summed E-state index contributed by atoms with van der Waals surface area (Å²) in [5.41, 5.74) is 0.642. The third-order valence-corrected chi connectivity index (χ3v) is 4.40. The standard InChI is InChI=1S/C17H13FN2O3S/c18-13-6-3-12(4-7-13)5-8-15(21)19-9-10-20(17(19)23)16(22)14-2-1-11-24-14/h1-8,11H,9-10H2/b8-5+. The van der Waals surface area contributed by atoms with Gasteiger partial charge < -0.3 is 0 Å². The Morgan fingerprint density at radius 3 is 2.46 bits per heavy atom. The van der Waals surface area contributed by atoms with Crippen molar-refractivity contribution < 1.29 is 18.8 Å². The normalized spacial score (nSPS) is 14.6. The molecular weight excluding hydrogens is 331 g/mol. The van der Waals surface area contributed by atoms with E-state index in [1.165, 1.54) is 47.8 Å². The van der Waals surface area contributed by atoms with E-state index >= 15 is 0 Å². The van der Waals surface area contributed by atoms with Gasteiger partial charge in [-0.25, -0.2) is 9.18 Å². The largest absolute Gasteiger partial charge is 0.334 e. The number of thiophene rings is 1. The monoisotopic (exact) mass is 344 g/mol. The molecule has 0 N–H and O–H groups in total. The van der Waals surface area contributed by atoms with Crippen molar-refractivity contribution >= 4 is 35.3 Å². The van der Waals surface area contributed by atoms with Crippen molar-refractivity contribution in [1.29, 1.82) is 0 Å². The molecule has 2 aromatic rings. The fourth-order valence-electron chi connectivity index (χ4n) is 2.29. The molecule has 3 rings (SSSR count). The predicted octanol–water partition coefficient (Wildman–Crippen LogP) is 3.01. The molecule has 0 bridgehead atoms. The highest BCUT2D eigenvalue weighted by Gasteiger charge is 2.36. The van der Waals surface area contributed by atoms with E-state index in [1.54, 1.807) is 17.5 Å². The molecule has 122 valence electrons. The number of benzene rings is 1. The number of carbonyl (C=O) groups is 3. The van der Waals surface area contributed by atoms with Gasteiger partial charge in [0.15, 0.2) is 0 Å². The molecular formula is C17H13FN2O3S. The van der Waals surface area contributed by atoms with Crippen LogP contribution in [0.4, 0.5) is 9.18 Å². The maximum atomic E-state index is 12.8. The summed E-state index contributed by atoms with van der Waals surface area (Å²) in [4.78, 5) is 39.2. The highest BCUT2D eigenvalue weighted by atomic mass is 32.1. The maximum absolute atomic E-state index is 12.8. The third kappa shape index (κ3) is 3.26. The molecule has 5 nitrogen and oxygen atoms in total. The van der Waals surface area contributed by atoms with Crippen LogP contribution in [0.3, 0.4) is 0 Å². The number of hydrogen-bond acceptors (Lipinski definition) is 4. The Balaban J connectivity index is 1.67. The molecule has 0 radical (unpaired) electrons. The third-order valence-electron chi connectivity index (χ3n) is 3.54. The molecule has 7 heteroatoms. The topological polar surface area (TPSA) is 57.7 Å². The minimum atomic E-state index is -0.623. The van der Waals surface area contributed by atoms with Crippen LogP contribution in [-0.4, -0.2) is 40.7 Å². The number of carbonyl (C=O) groups excluding carboxylic acids is 3. The molecule has 1 fully saturated rings. The molecule has 0 saturated carbocycles. The molecule has 1 aromatic heterocycles. The van der Waals surface area contributed by atoms with E-state index < -0.39 is 17.8 Å². The van der Waals surface area contributed by atoms with Gasteiger partial charge in [-0.05, 0) is 35.2 Å². The Bertz CT molecular complexity index is 800. The molecule has 1 aliphatic rings. The average Bonchev–Trinajstić information content (AvgIpc) is 3.23. The van der Waals surface area contributed by atoms with Crippen LogP contribution in [0.5, 0.6) is 0 Å². The summed E-state index contributed by atoms with van der Waals surface area (Å²) in [7, 11) is 0. The van der Waals surface area contributed by atoms with Crippen LogP contribution >= 0.6 is 11.3 Å². The molecule has 0 aliphatic carbocycles. The van der Waals surface area contributed by atoms with E-state index in [9.17, 15) is 18.8 Å². The van der Waals surface area contributed by atoms with Crippen molar-refractivity contribution in [2.75, 3.05) is 13.1 Å². The van der Waals surface area contributed by atoms with Gasteiger partial charge in [0.25, 0.3) is 11.8 Å². The highest BCUT2D eigenvalue weighted by molar-refractivity contribution is 7.12. The van der Waals surface area contributed by atoms with E-state index in [0.29, 0.717) is 10.4 Å². The molecule has 2 heterocycles. The quantitative estimate of drug-likeness (QED) is 0.804. The maximum Gasteiger partial charge on any atom is 0.334 e. The van der Waals surface area contributed by atoms with Gasteiger partial charge in [0, 0.05) is 19.2 Å². The van der Waals surface area contributed by atoms with Crippen molar-refractivity contribution in [3.63, 3.8) is 0 Å².